The van der Waals surface area contributed by atoms with E-state index in [1.807, 2.05) is 11.3 Å². The van der Waals surface area contributed by atoms with Gasteiger partial charge in [-0.25, -0.2) is 0 Å². The molecule has 0 bridgehead atoms. The third-order valence-electron chi connectivity index (χ3n) is 11.0. The van der Waals surface area contributed by atoms with Crippen molar-refractivity contribution in [3.63, 3.8) is 0 Å². The van der Waals surface area contributed by atoms with Gasteiger partial charge < -0.3 is 9.47 Å². The van der Waals surface area contributed by atoms with Gasteiger partial charge >= 0.3 is 0 Å². The van der Waals surface area contributed by atoms with Crippen LogP contribution in [0.3, 0.4) is 0 Å². The zero-order valence-electron chi connectivity index (χ0n) is 29.9. The van der Waals surface area contributed by atoms with E-state index in [1.165, 1.54) is 75.0 Å². The Morgan fingerprint density at radius 3 is 1.82 bits per heavy atom. The first-order valence-corrected chi connectivity index (χ1v) is 19.6. The summed E-state index contributed by atoms with van der Waals surface area (Å²) < 4.78 is 5.03. The summed E-state index contributed by atoms with van der Waals surface area (Å²) in [7, 11) is 0. The monoisotopic (exact) mass is 718 g/mol. The molecule has 0 aliphatic heterocycles. The van der Waals surface area contributed by atoms with Crippen molar-refractivity contribution in [2.75, 3.05) is 4.90 Å². The van der Waals surface area contributed by atoms with E-state index in [0.29, 0.717) is 0 Å². The molecule has 9 aromatic carbocycles. The molecule has 0 saturated heterocycles. The maximum Gasteiger partial charge on any atom is 0.0562 e. The fraction of sp³-hybridized carbons (Fsp3) is 0. The van der Waals surface area contributed by atoms with Crippen LogP contribution >= 0.6 is 11.3 Å². The van der Waals surface area contributed by atoms with E-state index in [-0.39, 0.29) is 0 Å². The molecular weight excluding hydrogens is 685 g/mol. The molecule has 0 spiro atoms. The Bertz CT molecular complexity index is 3220. The summed E-state index contributed by atoms with van der Waals surface area (Å²) in [5.41, 5.74) is 11.6. The Hall–Kier alpha value is -6.94. The van der Waals surface area contributed by atoms with Gasteiger partial charge in [0.2, 0.25) is 0 Å². The molecule has 11 aromatic rings. The van der Waals surface area contributed by atoms with E-state index in [9.17, 15) is 0 Å². The van der Waals surface area contributed by atoms with Crippen molar-refractivity contribution >= 4 is 81.1 Å². The molecule has 0 aliphatic carbocycles. The van der Waals surface area contributed by atoms with Crippen LogP contribution in [0.5, 0.6) is 0 Å². The van der Waals surface area contributed by atoms with Crippen LogP contribution in [0.4, 0.5) is 17.1 Å². The Labute approximate surface area is 323 Å². The van der Waals surface area contributed by atoms with Gasteiger partial charge in [0.15, 0.2) is 0 Å². The minimum atomic E-state index is 1.12. The Kier molecular flexibility index (Phi) is 7.39. The molecule has 258 valence electrons. The van der Waals surface area contributed by atoms with Gasteiger partial charge in [-0.05, 0) is 82.6 Å². The van der Waals surface area contributed by atoms with Gasteiger partial charge in [0.05, 0.1) is 28.1 Å². The number of benzene rings is 9. The molecule has 0 amide bonds. The predicted molar refractivity (Wildman–Crippen MR) is 237 cm³/mol. The first kappa shape index (κ1) is 31.6. The minimum Gasteiger partial charge on any atom is -0.309 e. The fourth-order valence-electron chi connectivity index (χ4n) is 8.59. The maximum atomic E-state index is 2.52. The van der Waals surface area contributed by atoms with Crippen LogP contribution in [0.2, 0.25) is 0 Å². The van der Waals surface area contributed by atoms with Gasteiger partial charge in [0, 0.05) is 47.8 Å². The average Bonchev–Trinajstić information content (AvgIpc) is 3.80. The molecule has 0 unspecified atom stereocenters. The molecule has 55 heavy (non-hydrogen) atoms. The summed E-state index contributed by atoms with van der Waals surface area (Å²) in [5.74, 6) is 0. The number of hydrogen-bond donors (Lipinski definition) is 0. The van der Waals surface area contributed by atoms with Crippen LogP contribution in [-0.2, 0) is 0 Å². The van der Waals surface area contributed by atoms with Crippen LogP contribution in [0.25, 0.3) is 80.7 Å². The maximum absolute atomic E-state index is 2.52. The zero-order valence-corrected chi connectivity index (χ0v) is 30.7. The highest BCUT2D eigenvalue weighted by atomic mass is 32.1. The van der Waals surface area contributed by atoms with Gasteiger partial charge in [0.1, 0.15) is 0 Å². The van der Waals surface area contributed by atoms with Crippen LogP contribution in [-0.4, -0.2) is 4.57 Å². The van der Waals surface area contributed by atoms with Crippen molar-refractivity contribution in [1.82, 2.24) is 4.57 Å². The summed E-state index contributed by atoms with van der Waals surface area (Å²) in [6.45, 7) is 0. The molecule has 3 heteroatoms. The number of hydrogen-bond acceptors (Lipinski definition) is 2. The highest BCUT2D eigenvalue weighted by Crippen LogP contribution is 2.50. The third-order valence-corrected chi connectivity index (χ3v) is 12.1. The highest BCUT2D eigenvalue weighted by molar-refractivity contribution is 7.25. The van der Waals surface area contributed by atoms with E-state index < -0.39 is 0 Å². The van der Waals surface area contributed by atoms with Crippen molar-refractivity contribution < 1.29 is 0 Å². The minimum absolute atomic E-state index is 1.12. The number of fused-ring (bicyclic) bond motifs is 7. The number of anilines is 3. The third kappa shape index (κ3) is 5.09. The van der Waals surface area contributed by atoms with Gasteiger partial charge in [-0.1, -0.05) is 146 Å². The normalized spacial score (nSPS) is 11.6. The van der Waals surface area contributed by atoms with Crippen molar-refractivity contribution in [3.8, 4) is 27.9 Å². The lowest BCUT2D eigenvalue weighted by atomic mass is 9.94. The Morgan fingerprint density at radius 1 is 0.364 bits per heavy atom. The molecule has 0 fully saturated rings. The first-order valence-electron chi connectivity index (χ1n) is 18.8. The van der Waals surface area contributed by atoms with Crippen molar-refractivity contribution in [1.29, 1.82) is 0 Å². The number of thiophene rings is 1. The molecule has 0 atom stereocenters. The van der Waals surface area contributed by atoms with E-state index >= 15 is 0 Å². The lowest BCUT2D eigenvalue weighted by Gasteiger charge is -2.31. The van der Waals surface area contributed by atoms with Crippen molar-refractivity contribution in [2.24, 2.45) is 0 Å². The highest BCUT2D eigenvalue weighted by Gasteiger charge is 2.25. The fourth-order valence-corrected chi connectivity index (χ4v) is 9.68. The average molecular weight is 719 g/mol. The summed E-state index contributed by atoms with van der Waals surface area (Å²) in [4.78, 5) is 2.52. The molecule has 0 aliphatic rings. The molecular formula is C52H34N2S. The van der Waals surface area contributed by atoms with Crippen LogP contribution in [0.15, 0.2) is 206 Å². The molecule has 11 rings (SSSR count). The van der Waals surface area contributed by atoms with E-state index in [2.05, 4.69) is 216 Å². The lowest BCUT2D eigenvalue weighted by molar-refractivity contribution is 1.18. The van der Waals surface area contributed by atoms with Crippen LogP contribution in [0.1, 0.15) is 0 Å². The van der Waals surface area contributed by atoms with E-state index in [0.717, 1.165) is 22.7 Å². The Balaban J connectivity index is 1.24. The summed E-state index contributed by atoms with van der Waals surface area (Å²) in [5, 5.41) is 7.49. The molecule has 0 saturated carbocycles. The molecule has 0 N–H and O–H groups in total. The van der Waals surface area contributed by atoms with Gasteiger partial charge in [-0.15, -0.1) is 11.3 Å². The molecule has 2 heterocycles. The first-order chi connectivity index (χ1) is 27.3. The number of nitrogens with zero attached hydrogens (tertiary/aromatic N) is 2. The van der Waals surface area contributed by atoms with Gasteiger partial charge in [0.25, 0.3) is 0 Å². The molecule has 2 aromatic heterocycles. The number of aromatic nitrogens is 1. The van der Waals surface area contributed by atoms with E-state index in [1.54, 1.807) is 0 Å². The second-order valence-corrected chi connectivity index (χ2v) is 15.1. The largest absolute Gasteiger partial charge is 0.309 e. The second-order valence-electron chi connectivity index (χ2n) is 14.1. The van der Waals surface area contributed by atoms with Crippen LogP contribution < -0.4 is 4.90 Å². The summed E-state index contributed by atoms with van der Waals surface area (Å²) >= 11 is 1.86. The smallest absolute Gasteiger partial charge is 0.0562 e. The number of rotatable bonds is 6. The standard InChI is InChI=1S/C52H34N2S/c1-2-18-37(19-3-1)53-47-28-12-8-24-43(47)52-48(53)29-15-30-49(52)54(46-27-11-7-22-41(46)40-25-14-17-35-16-4-5-20-38(35)40)45-26-10-6-21-39(45)36-32-33-51-44(34-36)42-23-9-13-31-50(42)55-51/h1-34H. The van der Waals surface area contributed by atoms with Gasteiger partial charge in [-0.2, -0.15) is 0 Å². The predicted octanol–water partition coefficient (Wildman–Crippen LogP) is 15.1. The molecule has 2 nitrogen and oxygen atoms in total. The van der Waals surface area contributed by atoms with Gasteiger partial charge in [-0.3, -0.25) is 0 Å². The lowest BCUT2D eigenvalue weighted by Crippen LogP contribution is -2.13. The zero-order chi connectivity index (χ0) is 36.3. The SMILES string of the molecule is c1ccc(-n2c3ccccc3c3c(N(c4ccccc4-c4ccc5sc6ccccc6c5c4)c4ccccc4-c4cccc5ccccc45)cccc32)cc1. The van der Waals surface area contributed by atoms with Crippen molar-refractivity contribution in [2.45, 2.75) is 0 Å². The van der Waals surface area contributed by atoms with Crippen LogP contribution in [0, 0.1) is 0 Å². The number of para-hydroxylation sites is 4. The quantitative estimate of drug-likeness (QED) is 0.166. The van der Waals surface area contributed by atoms with Crippen molar-refractivity contribution in [3.05, 3.63) is 206 Å². The molecule has 0 radical (unpaired) electrons. The Morgan fingerprint density at radius 2 is 0.945 bits per heavy atom. The topological polar surface area (TPSA) is 8.17 Å². The second kappa shape index (κ2) is 12.9. The summed E-state index contributed by atoms with van der Waals surface area (Å²) in [6.07, 6.45) is 0. The van der Waals surface area contributed by atoms with E-state index in [4.69, 9.17) is 0 Å². The summed E-state index contributed by atoms with van der Waals surface area (Å²) in [6, 6.07) is 75.3.